The molecule has 0 fully saturated rings. The van der Waals surface area contributed by atoms with E-state index in [0.717, 1.165) is 27.9 Å². The second-order valence-electron chi connectivity index (χ2n) is 3.97. The van der Waals surface area contributed by atoms with Gasteiger partial charge in [-0.25, -0.2) is 0 Å². The molecule has 0 spiro atoms. The minimum absolute atomic E-state index is 0.174. The smallest absolute Gasteiger partial charge is 0.137 e. The predicted molar refractivity (Wildman–Crippen MR) is 69.8 cm³/mol. The van der Waals surface area contributed by atoms with E-state index in [4.69, 9.17) is 9.63 Å². The van der Waals surface area contributed by atoms with Crippen molar-refractivity contribution in [2.45, 2.75) is 19.8 Å². The van der Waals surface area contributed by atoms with Gasteiger partial charge in [-0.1, -0.05) is 27.2 Å². The van der Waals surface area contributed by atoms with Crippen molar-refractivity contribution < 1.29 is 9.63 Å². The lowest BCUT2D eigenvalue weighted by Gasteiger charge is -2.00. The van der Waals surface area contributed by atoms with Crippen molar-refractivity contribution in [3.8, 4) is 11.3 Å². The van der Waals surface area contributed by atoms with E-state index in [-0.39, 0.29) is 6.61 Å². The Hall–Kier alpha value is -1.13. The molecule has 1 N–H and O–H groups in total. The van der Waals surface area contributed by atoms with E-state index in [0.29, 0.717) is 6.42 Å². The summed E-state index contributed by atoms with van der Waals surface area (Å²) in [4.78, 5) is 0. The monoisotopic (exact) mass is 295 g/mol. The molecule has 2 aromatic rings. The van der Waals surface area contributed by atoms with Gasteiger partial charge in [0.2, 0.25) is 0 Å². The summed E-state index contributed by atoms with van der Waals surface area (Å²) >= 11 is 3.47. The maximum atomic E-state index is 8.75. The highest BCUT2D eigenvalue weighted by Crippen LogP contribution is 2.25. The van der Waals surface area contributed by atoms with Gasteiger partial charge in [0, 0.05) is 29.1 Å². The van der Waals surface area contributed by atoms with Gasteiger partial charge in [0.05, 0.1) is 0 Å². The van der Waals surface area contributed by atoms with Crippen molar-refractivity contribution in [2.75, 3.05) is 6.61 Å². The standard InChI is InChI=1S/C13H14BrNO2/c1-9-7-10(4-5-12(9)14)13-8-11(17-15-13)3-2-6-16/h4-5,7-8,16H,2-3,6H2,1H3. The Morgan fingerprint density at radius 3 is 2.88 bits per heavy atom. The fourth-order valence-electron chi connectivity index (χ4n) is 1.62. The second-order valence-corrected chi connectivity index (χ2v) is 4.82. The first-order valence-corrected chi connectivity index (χ1v) is 6.33. The van der Waals surface area contributed by atoms with Gasteiger partial charge in [0.15, 0.2) is 0 Å². The van der Waals surface area contributed by atoms with Crippen LogP contribution >= 0.6 is 15.9 Å². The fourth-order valence-corrected chi connectivity index (χ4v) is 1.87. The van der Waals surface area contributed by atoms with Crippen LogP contribution in [0.2, 0.25) is 0 Å². The molecular weight excluding hydrogens is 282 g/mol. The third-order valence-electron chi connectivity index (χ3n) is 2.59. The maximum absolute atomic E-state index is 8.75. The molecule has 3 nitrogen and oxygen atoms in total. The molecule has 2 rings (SSSR count). The molecule has 0 atom stereocenters. The molecule has 90 valence electrons. The van der Waals surface area contributed by atoms with E-state index in [1.807, 2.05) is 25.1 Å². The minimum atomic E-state index is 0.174. The zero-order valence-electron chi connectivity index (χ0n) is 9.61. The first-order chi connectivity index (χ1) is 8.20. The Kier molecular flexibility index (Phi) is 3.97. The number of rotatable bonds is 4. The molecule has 17 heavy (non-hydrogen) atoms. The molecular formula is C13H14BrNO2. The third-order valence-corrected chi connectivity index (χ3v) is 3.48. The van der Waals surface area contributed by atoms with Crippen LogP contribution in [0.3, 0.4) is 0 Å². The molecule has 1 aromatic carbocycles. The first kappa shape index (κ1) is 12.3. The Bertz CT molecular complexity index is 508. The molecule has 0 aliphatic heterocycles. The third kappa shape index (κ3) is 2.96. The summed E-state index contributed by atoms with van der Waals surface area (Å²) in [5.41, 5.74) is 3.06. The number of nitrogens with zero attached hydrogens (tertiary/aromatic N) is 1. The Balaban J connectivity index is 2.21. The number of aromatic nitrogens is 1. The molecule has 0 unspecified atom stereocenters. The highest BCUT2D eigenvalue weighted by Gasteiger charge is 2.07. The molecule has 0 bridgehead atoms. The number of hydrogen-bond donors (Lipinski definition) is 1. The van der Waals surface area contributed by atoms with Gasteiger partial charge in [-0.2, -0.15) is 0 Å². The summed E-state index contributed by atoms with van der Waals surface area (Å²) < 4.78 is 6.31. The minimum Gasteiger partial charge on any atom is -0.396 e. The van der Waals surface area contributed by atoms with Gasteiger partial charge in [-0.15, -0.1) is 0 Å². The predicted octanol–water partition coefficient (Wildman–Crippen LogP) is 3.34. The Labute approximate surface area is 109 Å². The van der Waals surface area contributed by atoms with Crippen LogP contribution in [0, 0.1) is 6.92 Å². The van der Waals surface area contributed by atoms with E-state index in [2.05, 4.69) is 27.2 Å². The number of aliphatic hydroxyl groups excluding tert-OH is 1. The average Bonchev–Trinajstić information content (AvgIpc) is 2.79. The molecule has 0 saturated heterocycles. The summed E-state index contributed by atoms with van der Waals surface area (Å²) in [6.07, 6.45) is 1.42. The highest BCUT2D eigenvalue weighted by molar-refractivity contribution is 9.10. The van der Waals surface area contributed by atoms with Gasteiger partial charge >= 0.3 is 0 Å². The van der Waals surface area contributed by atoms with E-state index in [1.165, 1.54) is 5.56 Å². The largest absolute Gasteiger partial charge is 0.396 e. The maximum Gasteiger partial charge on any atom is 0.137 e. The van der Waals surface area contributed by atoms with Crippen molar-refractivity contribution in [1.29, 1.82) is 0 Å². The normalized spacial score (nSPS) is 10.8. The van der Waals surface area contributed by atoms with Gasteiger partial charge in [0.25, 0.3) is 0 Å². The molecule has 0 radical (unpaired) electrons. The lowest BCUT2D eigenvalue weighted by Crippen LogP contribution is -1.86. The van der Waals surface area contributed by atoms with E-state index in [9.17, 15) is 0 Å². The quantitative estimate of drug-likeness (QED) is 0.941. The molecule has 1 aromatic heterocycles. The molecule has 0 amide bonds. The van der Waals surface area contributed by atoms with Crippen LogP contribution in [0.25, 0.3) is 11.3 Å². The number of halogens is 1. The van der Waals surface area contributed by atoms with Gasteiger partial charge in [-0.05, 0) is 31.0 Å². The van der Waals surface area contributed by atoms with Crippen LogP contribution in [0.4, 0.5) is 0 Å². The number of benzene rings is 1. The van der Waals surface area contributed by atoms with Crippen molar-refractivity contribution in [3.05, 3.63) is 40.1 Å². The molecule has 0 aliphatic carbocycles. The number of aryl methyl sites for hydroxylation is 2. The van der Waals surface area contributed by atoms with Crippen molar-refractivity contribution >= 4 is 15.9 Å². The van der Waals surface area contributed by atoms with Crippen LogP contribution in [-0.4, -0.2) is 16.9 Å². The molecule has 0 saturated carbocycles. The molecule has 1 heterocycles. The highest BCUT2D eigenvalue weighted by atomic mass is 79.9. The van der Waals surface area contributed by atoms with Crippen LogP contribution in [-0.2, 0) is 6.42 Å². The summed E-state index contributed by atoms with van der Waals surface area (Å²) in [6.45, 7) is 2.22. The van der Waals surface area contributed by atoms with Crippen LogP contribution in [0.1, 0.15) is 17.7 Å². The fraction of sp³-hybridized carbons (Fsp3) is 0.308. The number of aliphatic hydroxyl groups is 1. The number of hydrogen-bond acceptors (Lipinski definition) is 3. The second kappa shape index (κ2) is 5.47. The summed E-state index contributed by atoms with van der Waals surface area (Å²) in [7, 11) is 0. The van der Waals surface area contributed by atoms with Gasteiger partial charge < -0.3 is 9.63 Å². The Morgan fingerprint density at radius 1 is 1.35 bits per heavy atom. The molecule has 4 heteroatoms. The van der Waals surface area contributed by atoms with Crippen molar-refractivity contribution in [2.24, 2.45) is 0 Å². The summed E-state index contributed by atoms with van der Waals surface area (Å²) in [6, 6.07) is 8.01. The van der Waals surface area contributed by atoms with Crippen molar-refractivity contribution in [1.82, 2.24) is 5.16 Å². The average molecular weight is 296 g/mol. The van der Waals surface area contributed by atoms with Gasteiger partial charge in [-0.3, -0.25) is 0 Å². The van der Waals surface area contributed by atoms with E-state index < -0.39 is 0 Å². The first-order valence-electron chi connectivity index (χ1n) is 5.53. The van der Waals surface area contributed by atoms with E-state index >= 15 is 0 Å². The van der Waals surface area contributed by atoms with Crippen LogP contribution < -0.4 is 0 Å². The zero-order valence-corrected chi connectivity index (χ0v) is 11.2. The lowest BCUT2D eigenvalue weighted by atomic mass is 10.1. The Morgan fingerprint density at radius 2 is 2.18 bits per heavy atom. The lowest BCUT2D eigenvalue weighted by molar-refractivity contribution is 0.280. The van der Waals surface area contributed by atoms with Crippen molar-refractivity contribution in [3.63, 3.8) is 0 Å². The van der Waals surface area contributed by atoms with Crippen LogP contribution in [0.15, 0.2) is 33.3 Å². The zero-order chi connectivity index (χ0) is 12.3. The SMILES string of the molecule is Cc1cc(-c2cc(CCCO)on2)ccc1Br. The van der Waals surface area contributed by atoms with E-state index in [1.54, 1.807) is 0 Å². The topological polar surface area (TPSA) is 46.3 Å². The summed E-state index contributed by atoms with van der Waals surface area (Å²) in [5.74, 6) is 0.814. The summed E-state index contributed by atoms with van der Waals surface area (Å²) in [5, 5.41) is 12.8. The molecule has 0 aliphatic rings. The van der Waals surface area contributed by atoms with Crippen LogP contribution in [0.5, 0.6) is 0 Å². The van der Waals surface area contributed by atoms with Gasteiger partial charge in [0.1, 0.15) is 11.5 Å².